The van der Waals surface area contributed by atoms with E-state index in [1.165, 1.54) is 0 Å². The Labute approximate surface area is 198 Å². The zero-order valence-electron chi connectivity index (χ0n) is 18.3. The Hall–Kier alpha value is -0.970. The summed E-state index contributed by atoms with van der Waals surface area (Å²) in [5, 5.41) is 119. The highest BCUT2D eigenvalue weighted by atomic mass is 16.7. The van der Waals surface area contributed by atoms with Crippen LogP contribution in [0.2, 0.25) is 0 Å². The average Bonchev–Trinajstić information content (AvgIpc) is 2.86. The maximum Gasteiger partial charge on any atom is 0.189 e. The van der Waals surface area contributed by atoms with Crippen molar-refractivity contribution in [3.63, 3.8) is 0 Å². The first-order valence-corrected chi connectivity index (χ1v) is 10.4. The molecule has 0 spiro atoms. The van der Waals surface area contributed by atoms with Crippen LogP contribution < -0.4 is 0 Å². The van der Waals surface area contributed by atoms with E-state index in [2.05, 4.69) is 0 Å². The molecular weight excluding hydrogens is 488 g/mol. The lowest BCUT2D eigenvalue weighted by atomic mass is 9.98. The van der Waals surface area contributed by atoms with Crippen molar-refractivity contribution in [2.24, 2.45) is 0 Å². The quantitative estimate of drug-likeness (QED) is 0.134. The van der Waals surface area contributed by atoms with Crippen molar-refractivity contribution in [3.8, 4) is 0 Å². The molecule has 208 valence electrons. The van der Waals surface area contributed by atoms with Crippen molar-refractivity contribution in [3.05, 3.63) is 0 Å². The molecule has 2 heterocycles. The third-order valence-electron chi connectivity index (χ3n) is 5.35. The molecule has 0 aromatic carbocycles. The zero-order valence-corrected chi connectivity index (χ0v) is 18.3. The summed E-state index contributed by atoms with van der Waals surface area (Å²) in [5.41, 5.74) is 0. The van der Waals surface area contributed by atoms with E-state index < -0.39 is 112 Å². The highest BCUT2D eigenvalue weighted by Gasteiger charge is 2.46. The maximum absolute atomic E-state index is 10.5. The Morgan fingerprint density at radius 1 is 0.743 bits per heavy atom. The molecule has 0 unspecified atom stereocenters. The van der Waals surface area contributed by atoms with Gasteiger partial charge in [-0.1, -0.05) is 0 Å². The van der Waals surface area contributed by atoms with Gasteiger partial charge in [0.2, 0.25) is 0 Å². The van der Waals surface area contributed by atoms with Crippen molar-refractivity contribution in [2.75, 3.05) is 26.4 Å². The number of carbonyl (C=O) groups excluding carboxylic acids is 1. The molecule has 35 heavy (non-hydrogen) atoms. The molecular formula is C18H34O17. The fraction of sp³-hybridized carbons (Fsp3) is 0.944. The van der Waals surface area contributed by atoms with Crippen molar-refractivity contribution in [2.45, 2.75) is 79.7 Å². The second-order valence-electron chi connectivity index (χ2n) is 7.88. The molecule has 0 aromatic heterocycles. The number of hydrogen-bond acceptors (Lipinski definition) is 17. The van der Waals surface area contributed by atoms with Crippen LogP contribution in [0.3, 0.4) is 0 Å². The molecule has 2 saturated heterocycles. The van der Waals surface area contributed by atoms with Crippen molar-refractivity contribution < 1.29 is 85.4 Å². The van der Waals surface area contributed by atoms with Gasteiger partial charge in [-0.3, -0.25) is 4.79 Å². The lowest BCUT2D eigenvalue weighted by molar-refractivity contribution is -0.325. The van der Waals surface area contributed by atoms with E-state index in [-0.39, 0.29) is 0 Å². The van der Waals surface area contributed by atoms with Crippen LogP contribution in [0.4, 0.5) is 0 Å². The third-order valence-corrected chi connectivity index (χ3v) is 5.35. The number of ketones is 1. The zero-order chi connectivity index (χ0) is 27.0. The molecule has 17 heteroatoms. The summed E-state index contributed by atoms with van der Waals surface area (Å²) in [6.45, 7) is -2.78. The molecule has 2 fully saturated rings. The highest BCUT2D eigenvalue weighted by molar-refractivity contribution is 5.84. The molecule has 0 aliphatic carbocycles. The Balaban J connectivity index is 0.000000434. The average molecular weight is 522 g/mol. The lowest BCUT2D eigenvalue weighted by Crippen LogP contribution is -2.61. The number of carbonyl (C=O) groups is 1. The topological polar surface area (TPSA) is 308 Å². The van der Waals surface area contributed by atoms with Gasteiger partial charge >= 0.3 is 0 Å². The Morgan fingerprint density at radius 2 is 1.29 bits per heavy atom. The van der Waals surface area contributed by atoms with Crippen LogP contribution in [0.15, 0.2) is 0 Å². The molecule has 2 rings (SSSR count). The number of aliphatic hydroxyl groups is 13. The number of Topliss-reactive ketones (excluding diaryl/α,β-unsaturated/α-hetero) is 1. The molecule has 0 saturated carbocycles. The van der Waals surface area contributed by atoms with E-state index >= 15 is 0 Å². The van der Waals surface area contributed by atoms with Crippen molar-refractivity contribution >= 4 is 5.78 Å². The van der Waals surface area contributed by atoms with Crippen molar-refractivity contribution in [1.29, 1.82) is 0 Å². The molecule has 0 radical (unpaired) electrons. The predicted molar refractivity (Wildman–Crippen MR) is 106 cm³/mol. The fourth-order valence-electron chi connectivity index (χ4n) is 3.07. The molecule has 2 aliphatic heterocycles. The van der Waals surface area contributed by atoms with Gasteiger partial charge in [0.05, 0.1) is 19.8 Å². The molecule has 0 amide bonds. The smallest absolute Gasteiger partial charge is 0.189 e. The minimum absolute atomic E-state index is 0.468. The predicted octanol–water partition coefficient (Wildman–Crippen LogP) is -8.77. The van der Waals surface area contributed by atoms with Crippen LogP contribution in [0.25, 0.3) is 0 Å². The monoisotopic (exact) mass is 522 g/mol. The number of ether oxygens (including phenoxy) is 3. The maximum atomic E-state index is 10.5. The van der Waals surface area contributed by atoms with E-state index in [0.29, 0.717) is 0 Å². The number of hydrogen-bond donors (Lipinski definition) is 13. The lowest BCUT2D eigenvalue weighted by Gasteiger charge is -2.41. The van der Waals surface area contributed by atoms with Crippen LogP contribution in [-0.2, 0) is 19.0 Å². The van der Waals surface area contributed by atoms with Crippen LogP contribution in [0.1, 0.15) is 0 Å². The van der Waals surface area contributed by atoms with Crippen LogP contribution in [0, 0.1) is 0 Å². The normalized spacial score (nSPS) is 40.3. The van der Waals surface area contributed by atoms with Gasteiger partial charge in [0, 0.05) is 0 Å². The number of aliphatic hydroxyl groups excluding tert-OH is 13. The van der Waals surface area contributed by atoms with Gasteiger partial charge in [-0.2, -0.15) is 0 Å². The second kappa shape index (κ2) is 14.7. The Morgan fingerprint density at radius 3 is 1.80 bits per heavy atom. The first-order valence-electron chi connectivity index (χ1n) is 10.4. The second-order valence-corrected chi connectivity index (χ2v) is 7.88. The van der Waals surface area contributed by atoms with E-state index in [1.807, 2.05) is 0 Å². The van der Waals surface area contributed by atoms with E-state index in [4.69, 9.17) is 44.8 Å². The van der Waals surface area contributed by atoms with E-state index in [9.17, 15) is 40.5 Å². The summed E-state index contributed by atoms with van der Waals surface area (Å²) in [6, 6.07) is 0. The standard InChI is InChI=1S/C12H22O11.C6H12O6/c13-1-3-5(14)8(17)10(19)12(23-3)21-2-4-6(15)7(16)9(18)11(20)22-4;7-1-3(9)5(11)6(12)4(10)2-8/h3-20H,1-2H2;3,5-9,11-12H,1-2H2/t3-,4-,5-,6-,7+,8+,9-,10-,11-,12-;3-,5+,6-/m11/s1. The van der Waals surface area contributed by atoms with Crippen LogP contribution >= 0.6 is 0 Å². The minimum Gasteiger partial charge on any atom is -0.394 e. The summed E-state index contributed by atoms with van der Waals surface area (Å²) >= 11 is 0. The van der Waals surface area contributed by atoms with Gasteiger partial charge in [-0.05, 0) is 0 Å². The summed E-state index contributed by atoms with van der Waals surface area (Å²) in [6.07, 6.45) is -20.5. The SMILES string of the molecule is O=C(CO)[C@@H](O)[C@@H](O)[C@H](O)CO.OC[C@H]1O[C@@H](OC[C@H]2O[C@@H](O)[C@H](O)[C@@H](O)[C@@H]2O)[C@H](O)[C@@H](O)[C@@H]1O. The molecule has 2 aliphatic rings. The van der Waals surface area contributed by atoms with Crippen LogP contribution in [0.5, 0.6) is 0 Å². The molecule has 17 nitrogen and oxygen atoms in total. The van der Waals surface area contributed by atoms with Gasteiger partial charge in [0.15, 0.2) is 18.4 Å². The Kier molecular flexibility index (Phi) is 13.5. The third kappa shape index (κ3) is 8.27. The van der Waals surface area contributed by atoms with Gasteiger partial charge in [-0.15, -0.1) is 0 Å². The van der Waals surface area contributed by atoms with Gasteiger partial charge in [0.1, 0.15) is 73.8 Å². The molecule has 0 aromatic rings. The summed E-state index contributed by atoms with van der Waals surface area (Å²) < 4.78 is 15.1. The largest absolute Gasteiger partial charge is 0.394 e. The fourth-order valence-corrected chi connectivity index (χ4v) is 3.07. The first kappa shape index (κ1) is 32.1. The summed E-state index contributed by atoms with van der Waals surface area (Å²) in [7, 11) is 0. The van der Waals surface area contributed by atoms with Gasteiger partial charge in [-0.25, -0.2) is 0 Å². The van der Waals surface area contributed by atoms with Crippen LogP contribution in [-0.4, -0.2) is 178 Å². The Bertz CT molecular complexity index is 622. The van der Waals surface area contributed by atoms with Gasteiger partial charge in [0.25, 0.3) is 0 Å². The summed E-state index contributed by atoms with van der Waals surface area (Å²) in [5.74, 6) is -1.00. The highest BCUT2D eigenvalue weighted by Crippen LogP contribution is 2.24. The van der Waals surface area contributed by atoms with Gasteiger partial charge < -0.3 is 80.6 Å². The van der Waals surface area contributed by atoms with E-state index in [1.54, 1.807) is 0 Å². The molecule has 13 N–H and O–H groups in total. The minimum atomic E-state index is -1.86. The van der Waals surface area contributed by atoms with Crippen molar-refractivity contribution in [1.82, 2.24) is 0 Å². The summed E-state index contributed by atoms with van der Waals surface area (Å²) in [4.78, 5) is 10.5. The molecule has 0 bridgehead atoms. The number of rotatable bonds is 9. The van der Waals surface area contributed by atoms with E-state index in [0.717, 1.165) is 0 Å². The molecule has 13 atom stereocenters. The first-order chi connectivity index (χ1) is 16.3.